The van der Waals surface area contributed by atoms with Crippen molar-refractivity contribution in [3.05, 3.63) is 71.3 Å². The lowest BCUT2D eigenvalue weighted by Crippen LogP contribution is -2.45. The summed E-state index contributed by atoms with van der Waals surface area (Å²) in [6.07, 6.45) is -0.216. The van der Waals surface area contributed by atoms with Gasteiger partial charge in [-0.1, -0.05) is 36.4 Å². The van der Waals surface area contributed by atoms with Gasteiger partial charge in [0.2, 0.25) is 0 Å². The van der Waals surface area contributed by atoms with Crippen molar-refractivity contribution < 1.29 is 18.7 Å². The van der Waals surface area contributed by atoms with Crippen LogP contribution in [0.4, 0.5) is 8.78 Å². The molecule has 0 fully saturated rings. The predicted molar refractivity (Wildman–Crippen MR) is 74.9 cm³/mol. The molecule has 3 N–H and O–H groups in total. The third-order valence-electron chi connectivity index (χ3n) is 3.60. The number of halogens is 2. The Kier molecular flexibility index (Phi) is 4.33. The first-order valence-corrected chi connectivity index (χ1v) is 6.43. The number of hydrogen-bond acceptors (Lipinski definition) is 2. The van der Waals surface area contributed by atoms with E-state index in [9.17, 15) is 18.7 Å². The minimum atomic E-state index is -1.70. The van der Waals surface area contributed by atoms with Gasteiger partial charge in [0.25, 0.3) is 0 Å². The third-order valence-corrected chi connectivity index (χ3v) is 3.60. The molecule has 5 heteroatoms. The summed E-state index contributed by atoms with van der Waals surface area (Å²) < 4.78 is 27.8. The van der Waals surface area contributed by atoms with Crippen LogP contribution in [0.3, 0.4) is 0 Å². The second kappa shape index (κ2) is 6.01. The number of carboxylic acids is 1. The van der Waals surface area contributed by atoms with E-state index >= 15 is 0 Å². The molecule has 0 saturated heterocycles. The molecule has 0 aliphatic heterocycles. The fourth-order valence-electron chi connectivity index (χ4n) is 2.37. The van der Waals surface area contributed by atoms with E-state index in [1.54, 1.807) is 6.07 Å². The summed E-state index contributed by atoms with van der Waals surface area (Å²) in [5.74, 6) is -2.48. The first-order valence-electron chi connectivity index (χ1n) is 6.43. The van der Waals surface area contributed by atoms with Gasteiger partial charge >= 0.3 is 5.97 Å². The first kappa shape index (κ1) is 15.1. The highest BCUT2D eigenvalue weighted by atomic mass is 19.1. The molecule has 0 aliphatic carbocycles. The summed E-state index contributed by atoms with van der Waals surface area (Å²) in [7, 11) is 0. The van der Waals surface area contributed by atoms with Gasteiger partial charge in [-0.25, -0.2) is 8.78 Å². The molecular weight excluding hydrogens is 276 g/mol. The number of rotatable bonds is 5. The SMILES string of the molecule is NCC(Cc1ccccc1F)(C(=O)O)c1ccccc1F. The zero-order valence-electron chi connectivity index (χ0n) is 11.2. The van der Waals surface area contributed by atoms with Gasteiger partial charge in [0.1, 0.15) is 17.0 Å². The monoisotopic (exact) mass is 291 g/mol. The van der Waals surface area contributed by atoms with Crippen molar-refractivity contribution in [3.63, 3.8) is 0 Å². The predicted octanol–water partition coefficient (Wildman–Crippen LogP) is 2.49. The molecule has 2 rings (SSSR count). The van der Waals surface area contributed by atoms with E-state index in [-0.39, 0.29) is 24.1 Å². The standard InChI is InChI=1S/C16H15F2NO2/c17-13-7-3-1-5-11(13)9-16(10-19,15(20)21)12-6-2-4-8-14(12)18/h1-8H,9-10,19H2,(H,20,21). The van der Waals surface area contributed by atoms with Crippen LogP contribution in [-0.2, 0) is 16.6 Å². The Labute approximate surface area is 121 Å². The van der Waals surface area contributed by atoms with Crippen molar-refractivity contribution in [2.75, 3.05) is 6.54 Å². The number of nitrogens with two attached hydrogens (primary N) is 1. The maximum Gasteiger partial charge on any atom is 0.315 e. The zero-order chi connectivity index (χ0) is 15.5. The molecule has 110 valence electrons. The second-order valence-corrected chi connectivity index (χ2v) is 4.84. The van der Waals surface area contributed by atoms with Crippen LogP contribution < -0.4 is 5.73 Å². The molecule has 0 aromatic heterocycles. The summed E-state index contributed by atoms with van der Waals surface area (Å²) in [5, 5.41) is 9.58. The molecule has 0 saturated carbocycles. The Balaban J connectivity index is 2.56. The van der Waals surface area contributed by atoms with E-state index < -0.39 is 23.0 Å². The van der Waals surface area contributed by atoms with Crippen molar-refractivity contribution in [1.82, 2.24) is 0 Å². The molecular formula is C16H15F2NO2. The number of aliphatic carboxylic acids is 1. The molecule has 21 heavy (non-hydrogen) atoms. The number of hydrogen-bond donors (Lipinski definition) is 2. The Bertz CT molecular complexity index is 660. The van der Waals surface area contributed by atoms with E-state index in [1.807, 2.05) is 0 Å². The number of carboxylic acid groups (broad SMARTS) is 1. The molecule has 3 nitrogen and oxygen atoms in total. The Hall–Kier alpha value is -2.27. The normalized spacial score (nSPS) is 13.7. The van der Waals surface area contributed by atoms with Crippen LogP contribution in [-0.4, -0.2) is 17.6 Å². The van der Waals surface area contributed by atoms with Crippen LogP contribution in [0.2, 0.25) is 0 Å². The Morgan fingerprint density at radius 2 is 1.62 bits per heavy atom. The Morgan fingerprint density at radius 3 is 2.14 bits per heavy atom. The van der Waals surface area contributed by atoms with E-state index in [4.69, 9.17) is 5.73 Å². The van der Waals surface area contributed by atoms with Crippen molar-refractivity contribution >= 4 is 5.97 Å². The summed E-state index contributed by atoms with van der Waals surface area (Å²) in [4.78, 5) is 11.8. The quantitative estimate of drug-likeness (QED) is 0.889. The average molecular weight is 291 g/mol. The van der Waals surface area contributed by atoms with Gasteiger partial charge in [-0.05, 0) is 24.1 Å². The van der Waals surface area contributed by atoms with Crippen LogP contribution in [0.25, 0.3) is 0 Å². The van der Waals surface area contributed by atoms with Crippen molar-refractivity contribution in [3.8, 4) is 0 Å². The van der Waals surface area contributed by atoms with Crippen LogP contribution >= 0.6 is 0 Å². The molecule has 0 amide bonds. The van der Waals surface area contributed by atoms with Crippen LogP contribution in [0.15, 0.2) is 48.5 Å². The highest BCUT2D eigenvalue weighted by Crippen LogP contribution is 2.31. The van der Waals surface area contributed by atoms with Gasteiger partial charge in [-0.15, -0.1) is 0 Å². The van der Waals surface area contributed by atoms with E-state index in [2.05, 4.69) is 0 Å². The van der Waals surface area contributed by atoms with Crippen molar-refractivity contribution in [1.29, 1.82) is 0 Å². The molecule has 0 bridgehead atoms. The lowest BCUT2D eigenvalue weighted by Gasteiger charge is -2.29. The zero-order valence-corrected chi connectivity index (χ0v) is 11.2. The minimum absolute atomic E-state index is 0.0387. The largest absolute Gasteiger partial charge is 0.481 e. The van der Waals surface area contributed by atoms with Gasteiger partial charge in [0.05, 0.1) is 0 Å². The summed E-state index contributed by atoms with van der Waals surface area (Å²) in [6.45, 7) is -0.336. The van der Waals surface area contributed by atoms with Gasteiger partial charge in [0, 0.05) is 12.1 Å². The van der Waals surface area contributed by atoms with E-state index in [0.717, 1.165) is 0 Å². The van der Waals surface area contributed by atoms with Crippen molar-refractivity contribution in [2.24, 2.45) is 5.73 Å². The third kappa shape index (κ3) is 2.78. The number of benzene rings is 2. The van der Waals surface area contributed by atoms with Gasteiger partial charge < -0.3 is 10.8 Å². The fraction of sp³-hybridized carbons (Fsp3) is 0.188. The lowest BCUT2D eigenvalue weighted by molar-refractivity contribution is -0.143. The van der Waals surface area contributed by atoms with Gasteiger partial charge in [-0.3, -0.25) is 4.79 Å². The number of carbonyl (C=O) groups is 1. The van der Waals surface area contributed by atoms with Gasteiger partial charge in [0.15, 0.2) is 0 Å². The summed E-state index contributed by atoms with van der Waals surface area (Å²) in [5.41, 5.74) is 4.09. The molecule has 2 aromatic rings. The van der Waals surface area contributed by atoms with Crippen molar-refractivity contribution in [2.45, 2.75) is 11.8 Å². The first-order chi connectivity index (χ1) is 10.0. The molecule has 1 atom stereocenters. The smallest absolute Gasteiger partial charge is 0.315 e. The molecule has 1 unspecified atom stereocenters. The minimum Gasteiger partial charge on any atom is -0.481 e. The maximum atomic E-state index is 14.0. The summed E-state index contributed by atoms with van der Waals surface area (Å²) >= 11 is 0. The van der Waals surface area contributed by atoms with E-state index in [0.29, 0.717) is 0 Å². The fourth-order valence-corrected chi connectivity index (χ4v) is 2.37. The van der Waals surface area contributed by atoms with Crippen LogP contribution in [0.1, 0.15) is 11.1 Å². The molecule has 2 aromatic carbocycles. The van der Waals surface area contributed by atoms with Crippen LogP contribution in [0, 0.1) is 11.6 Å². The lowest BCUT2D eigenvalue weighted by atomic mass is 9.75. The average Bonchev–Trinajstić information content (AvgIpc) is 2.47. The maximum absolute atomic E-state index is 14.0. The Morgan fingerprint density at radius 1 is 1.05 bits per heavy atom. The molecule has 0 radical (unpaired) electrons. The molecule has 0 heterocycles. The highest BCUT2D eigenvalue weighted by molar-refractivity contribution is 5.82. The van der Waals surface area contributed by atoms with Gasteiger partial charge in [-0.2, -0.15) is 0 Å². The topological polar surface area (TPSA) is 63.3 Å². The highest BCUT2D eigenvalue weighted by Gasteiger charge is 2.41. The summed E-state index contributed by atoms with van der Waals surface area (Å²) in [6, 6.07) is 11.4. The molecule has 0 aliphatic rings. The van der Waals surface area contributed by atoms with E-state index in [1.165, 1.54) is 42.5 Å². The second-order valence-electron chi connectivity index (χ2n) is 4.84. The molecule has 0 spiro atoms. The van der Waals surface area contributed by atoms with Crippen LogP contribution in [0.5, 0.6) is 0 Å².